The number of esters is 1. The van der Waals surface area contributed by atoms with Crippen molar-refractivity contribution in [3.05, 3.63) is 128 Å². The first-order valence-electron chi connectivity index (χ1n) is 18.9. The normalized spacial score (nSPS) is 12.4. The first kappa shape index (κ1) is 59.0. The fourth-order valence-corrected chi connectivity index (χ4v) is 7.39. The first-order valence-corrected chi connectivity index (χ1v) is 19.7. The second-order valence-corrected chi connectivity index (χ2v) is 15.4. The molecule has 0 saturated heterocycles. The minimum atomic E-state index is -6.22. The van der Waals surface area contributed by atoms with Crippen molar-refractivity contribution >= 4 is 35.1 Å². The van der Waals surface area contributed by atoms with Crippen LogP contribution in [0.15, 0.2) is 73.6 Å². The fourth-order valence-electron chi connectivity index (χ4n) is 7.02. The summed E-state index contributed by atoms with van der Waals surface area (Å²) < 4.78 is 194. The number of hydrogen-bond acceptors (Lipinski definition) is 8. The number of carbonyl (C=O) groups excluding carboxylic acids is 1. The number of alkyl halides is 14. The summed E-state index contributed by atoms with van der Waals surface area (Å²) in [6, 6.07) is 4.56. The number of aryl methyl sites for hydroxylation is 4. The van der Waals surface area contributed by atoms with Crippen LogP contribution in [-0.4, -0.2) is 83.4 Å². The van der Waals surface area contributed by atoms with E-state index in [9.17, 15) is 71.1 Å². The topological polar surface area (TPSA) is 155 Å². The van der Waals surface area contributed by atoms with E-state index >= 15 is 0 Å². The Morgan fingerprint density at radius 3 is 1.19 bits per heavy atom. The van der Waals surface area contributed by atoms with E-state index in [1.54, 1.807) is 6.92 Å². The number of carboxylic acid groups (broad SMARTS) is 1. The van der Waals surface area contributed by atoms with Crippen LogP contribution in [-0.2, 0) is 16.1 Å². The van der Waals surface area contributed by atoms with Crippen LogP contribution in [0.3, 0.4) is 0 Å². The van der Waals surface area contributed by atoms with Gasteiger partial charge in [0.2, 0.25) is 0 Å². The molecule has 372 valence electrons. The summed E-state index contributed by atoms with van der Waals surface area (Å²) in [4.78, 5) is 30.9. The molecule has 4 aromatic heterocycles. The zero-order valence-corrected chi connectivity index (χ0v) is 40.0. The molecule has 0 fully saturated rings. The Hall–Kier alpha value is -5.34. The molecule has 2 N–H and O–H groups in total. The molecular formula is C42H31Cl2F14N6NaO5. The van der Waals surface area contributed by atoms with Gasteiger partial charge in [0.15, 0.2) is 0 Å². The predicted octanol–water partition coefficient (Wildman–Crippen LogP) is 9.69. The van der Waals surface area contributed by atoms with Crippen molar-refractivity contribution in [2.75, 3.05) is 6.61 Å². The standard InChI is InChI=1S/C22H17ClF7N3O2.C20H13ClF7N3O2.Na.H2O/c1-4-35-19(34)16-7-15(9-31-18(16)23)33-10-13(8-32-33)17-11(2)5-14(6-12(17)3)20(24,21(25,26)27)22(28,29)30;1-9-3-12(18(22,19(23,24)25)20(26,27)28)4-10(2)15(9)11-6-30-31(8-11)13-5-14(17(32)33)16(21)29-7-13;;/h5-10H,4H2,1-3H3;3-8H,1-2H3,(H,32,33);;1H2/q;;+1;/p-1. The number of carbonyl (C=O) groups is 2. The molecule has 0 bridgehead atoms. The molecule has 70 heavy (non-hydrogen) atoms. The Morgan fingerprint density at radius 1 is 0.571 bits per heavy atom. The largest absolute Gasteiger partial charge is 1.00 e. The molecule has 0 aliphatic rings. The summed E-state index contributed by atoms with van der Waals surface area (Å²) in [5.41, 5.74) is -13.2. The number of rotatable bonds is 9. The molecule has 6 aromatic rings. The molecule has 0 spiro atoms. The summed E-state index contributed by atoms with van der Waals surface area (Å²) in [5, 5.41) is 16.9. The average Bonchev–Trinajstić information content (AvgIpc) is 3.90. The predicted molar refractivity (Wildman–Crippen MR) is 217 cm³/mol. The van der Waals surface area contributed by atoms with Crippen LogP contribution in [0.5, 0.6) is 0 Å². The van der Waals surface area contributed by atoms with Crippen molar-refractivity contribution in [1.29, 1.82) is 0 Å². The molecule has 0 amide bonds. The maximum absolute atomic E-state index is 14.5. The van der Waals surface area contributed by atoms with E-state index in [4.69, 9.17) is 33.0 Å². The second-order valence-electron chi connectivity index (χ2n) is 14.7. The molecule has 0 atom stereocenters. The minimum absolute atomic E-state index is 0. The van der Waals surface area contributed by atoms with Gasteiger partial charge in [0.05, 0.1) is 53.9 Å². The maximum Gasteiger partial charge on any atom is 1.00 e. The number of benzene rings is 2. The summed E-state index contributed by atoms with van der Waals surface area (Å²) in [6.07, 6.45) is -17.0. The summed E-state index contributed by atoms with van der Waals surface area (Å²) in [6.45, 7) is 6.71. The van der Waals surface area contributed by atoms with Gasteiger partial charge in [-0.1, -0.05) is 47.5 Å². The van der Waals surface area contributed by atoms with Gasteiger partial charge in [0.1, 0.15) is 10.3 Å². The van der Waals surface area contributed by atoms with Crippen LogP contribution in [0.2, 0.25) is 10.3 Å². The molecule has 0 unspecified atom stereocenters. The van der Waals surface area contributed by atoms with Crippen LogP contribution in [0.25, 0.3) is 33.6 Å². The Labute approximate surface area is 418 Å². The minimum Gasteiger partial charge on any atom is -0.870 e. The van der Waals surface area contributed by atoms with Gasteiger partial charge in [-0.25, -0.2) is 37.7 Å². The number of aromatic nitrogens is 6. The Morgan fingerprint density at radius 2 is 0.886 bits per heavy atom. The average molecular weight is 1060 g/mol. The van der Waals surface area contributed by atoms with Gasteiger partial charge in [-0.05, 0) is 80.1 Å². The van der Waals surface area contributed by atoms with Crippen LogP contribution in [0, 0.1) is 27.7 Å². The van der Waals surface area contributed by atoms with E-state index < -0.39 is 59.1 Å². The molecule has 0 saturated carbocycles. The molecule has 6 rings (SSSR count). The van der Waals surface area contributed by atoms with E-state index in [2.05, 4.69) is 20.2 Å². The van der Waals surface area contributed by atoms with Crippen molar-refractivity contribution < 1.29 is 116 Å². The zero-order chi connectivity index (χ0) is 51.3. The number of ether oxygens (including phenoxy) is 1. The third-order valence-electron chi connectivity index (χ3n) is 10.1. The Kier molecular flexibility index (Phi) is 17.8. The van der Waals surface area contributed by atoms with Gasteiger partial charge in [-0.3, -0.25) is 0 Å². The molecule has 4 heterocycles. The third-order valence-corrected chi connectivity index (χ3v) is 10.7. The molecule has 11 nitrogen and oxygen atoms in total. The van der Waals surface area contributed by atoms with Crippen LogP contribution >= 0.6 is 23.2 Å². The maximum atomic E-state index is 14.5. The van der Waals surface area contributed by atoms with Gasteiger partial charge in [-0.2, -0.15) is 62.9 Å². The molecule has 28 heteroatoms. The quantitative estimate of drug-likeness (QED) is 0.0645. The third kappa shape index (κ3) is 11.2. The second kappa shape index (κ2) is 21.2. The Balaban J connectivity index is 0.000000361. The van der Waals surface area contributed by atoms with Crippen molar-refractivity contribution in [3.63, 3.8) is 0 Å². The van der Waals surface area contributed by atoms with Crippen molar-refractivity contribution in [1.82, 2.24) is 29.5 Å². The first-order chi connectivity index (χ1) is 31.2. The van der Waals surface area contributed by atoms with E-state index in [-0.39, 0.29) is 113 Å². The summed E-state index contributed by atoms with van der Waals surface area (Å²) in [5.74, 6) is -2.06. The number of carboxylic acids is 1. The van der Waals surface area contributed by atoms with Crippen molar-refractivity contribution in [2.24, 2.45) is 0 Å². The van der Waals surface area contributed by atoms with E-state index in [0.717, 1.165) is 0 Å². The van der Waals surface area contributed by atoms with Crippen LogP contribution in [0.4, 0.5) is 61.5 Å². The van der Waals surface area contributed by atoms with Gasteiger partial charge >= 0.3 is 77.5 Å². The molecule has 0 radical (unpaired) electrons. The van der Waals surface area contributed by atoms with Gasteiger partial charge < -0.3 is 15.3 Å². The van der Waals surface area contributed by atoms with Gasteiger partial charge in [0, 0.05) is 34.6 Å². The smallest absolute Gasteiger partial charge is 0.870 e. The zero-order valence-electron chi connectivity index (χ0n) is 36.5. The molecule has 0 aliphatic heterocycles. The van der Waals surface area contributed by atoms with Gasteiger partial charge in [0.25, 0.3) is 0 Å². The molecule has 2 aromatic carbocycles. The fraction of sp³-hybridized carbons (Fsp3) is 0.286. The number of nitrogens with zero attached hydrogens (tertiary/aromatic N) is 6. The monoisotopic (exact) mass is 1060 g/mol. The number of halogens is 16. The number of aromatic carboxylic acids is 1. The number of hydrogen-bond donors (Lipinski definition) is 1. The molecular weight excluding hydrogens is 1030 g/mol. The summed E-state index contributed by atoms with van der Waals surface area (Å²) >= 11 is 11.7. The van der Waals surface area contributed by atoms with Crippen LogP contribution < -0.4 is 29.6 Å². The molecule has 0 aliphatic carbocycles. The van der Waals surface area contributed by atoms with Crippen molar-refractivity contribution in [3.8, 4) is 33.6 Å². The van der Waals surface area contributed by atoms with E-state index in [1.807, 2.05) is 0 Å². The number of pyridine rings is 2. The van der Waals surface area contributed by atoms with Gasteiger partial charge in [-0.15, -0.1) is 0 Å². The summed E-state index contributed by atoms with van der Waals surface area (Å²) in [7, 11) is 0. The van der Waals surface area contributed by atoms with Crippen molar-refractivity contribution in [2.45, 2.75) is 70.7 Å². The van der Waals surface area contributed by atoms with E-state index in [0.29, 0.717) is 29.8 Å². The van der Waals surface area contributed by atoms with E-state index in [1.165, 1.54) is 86.4 Å². The Bertz CT molecular complexity index is 2830. The SMILES string of the molecule is CCOC(=O)c1cc(-n2cc(-c3c(C)cc(C(F)(C(F)(F)F)C(F)(F)F)cc3C)cn2)cnc1Cl.Cc1cc(C(F)(C(F)(F)F)C(F)(F)F)cc(C)c1-c1cnn(-c2cnc(Cl)c(C(=O)O)c2)c1.[Na+].[OH-]. The van der Waals surface area contributed by atoms with Crippen LogP contribution in [0.1, 0.15) is 61.0 Å².